The molecular formula is C52H33NOS. The Bertz CT molecular complexity index is 3180. The first-order valence-corrected chi connectivity index (χ1v) is 19.5. The molecule has 0 fully saturated rings. The molecule has 0 saturated carbocycles. The Balaban J connectivity index is 1.15. The molecule has 0 atom stereocenters. The van der Waals surface area contributed by atoms with Crippen molar-refractivity contribution in [3.05, 3.63) is 200 Å². The SMILES string of the molecule is c1ccc(-c2ccc(N(c3ccccc3)c3cc4c(sc5cccc(-c6ccc7oc8cccc(-c9ccccc9)c8c7c6)c54)c4ccccc34)cc2)cc1. The molecule has 3 heteroatoms. The Labute approximate surface area is 322 Å². The van der Waals surface area contributed by atoms with Crippen molar-refractivity contribution in [3.8, 4) is 33.4 Å². The van der Waals surface area contributed by atoms with Gasteiger partial charge in [-0.2, -0.15) is 0 Å². The van der Waals surface area contributed by atoms with Crippen molar-refractivity contribution < 1.29 is 4.42 Å². The molecule has 0 radical (unpaired) electrons. The molecule has 0 amide bonds. The molecule has 0 aliphatic heterocycles. The van der Waals surface area contributed by atoms with E-state index in [1.807, 2.05) is 11.3 Å². The summed E-state index contributed by atoms with van der Waals surface area (Å²) in [6.45, 7) is 0. The largest absolute Gasteiger partial charge is 0.456 e. The third kappa shape index (κ3) is 5.24. The van der Waals surface area contributed by atoms with Crippen molar-refractivity contribution in [2.24, 2.45) is 0 Å². The summed E-state index contributed by atoms with van der Waals surface area (Å²) >= 11 is 1.88. The molecule has 0 aliphatic carbocycles. The summed E-state index contributed by atoms with van der Waals surface area (Å²) in [5, 5.41) is 7.29. The first-order chi connectivity index (χ1) is 27.3. The lowest BCUT2D eigenvalue weighted by molar-refractivity contribution is 0.669. The lowest BCUT2D eigenvalue weighted by Crippen LogP contribution is -2.10. The normalized spacial score (nSPS) is 11.6. The fourth-order valence-electron chi connectivity index (χ4n) is 8.35. The van der Waals surface area contributed by atoms with Crippen LogP contribution < -0.4 is 4.90 Å². The van der Waals surface area contributed by atoms with Crippen LogP contribution in [0.5, 0.6) is 0 Å². The van der Waals surface area contributed by atoms with E-state index < -0.39 is 0 Å². The van der Waals surface area contributed by atoms with E-state index in [0.717, 1.165) is 39.0 Å². The monoisotopic (exact) mass is 719 g/mol. The van der Waals surface area contributed by atoms with E-state index in [0.29, 0.717) is 0 Å². The molecule has 0 spiro atoms. The fraction of sp³-hybridized carbons (Fsp3) is 0. The van der Waals surface area contributed by atoms with Gasteiger partial charge in [0.25, 0.3) is 0 Å². The molecule has 11 aromatic rings. The zero-order valence-corrected chi connectivity index (χ0v) is 30.6. The topological polar surface area (TPSA) is 16.4 Å². The van der Waals surface area contributed by atoms with Crippen molar-refractivity contribution >= 4 is 81.3 Å². The Morgan fingerprint density at radius 2 is 0.964 bits per heavy atom. The highest BCUT2D eigenvalue weighted by Crippen LogP contribution is 2.49. The van der Waals surface area contributed by atoms with Crippen molar-refractivity contribution in [2.75, 3.05) is 4.90 Å². The van der Waals surface area contributed by atoms with Crippen LogP contribution >= 0.6 is 11.3 Å². The van der Waals surface area contributed by atoms with Crippen LogP contribution in [-0.4, -0.2) is 0 Å². The van der Waals surface area contributed by atoms with Gasteiger partial charge in [-0.25, -0.2) is 0 Å². The van der Waals surface area contributed by atoms with Crippen molar-refractivity contribution in [1.29, 1.82) is 0 Å². The van der Waals surface area contributed by atoms with Crippen LogP contribution in [0, 0.1) is 0 Å². The molecule has 0 aliphatic rings. The first-order valence-electron chi connectivity index (χ1n) is 18.7. The van der Waals surface area contributed by atoms with Crippen LogP contribution in [0.2, 0.25) is 0 Å². The second kappa shape index (κ2) is 12.9. The number of nitrogens with zero attached hydrogens (tertiary/aromatic N) is 1. The lowest BCUT2D eigenvalue weighted by atomic mass is 9.95. The molecule has 0 N–H and O–H groups in total. The van der Waals surface area contributed by atoms with E-state index >= 15 is 0 Å². The van der Waals surface area contributed by atoms with E-state index in [1.54, 1.807) is 0 Å². The first kappa shape index (κ1) is 31.6. The highest BCUT2D eigenvalue weighted by Gasteiger charge is 2.21. The number of rotatable bonds is 6. The van der Waals surface area contributed by atoms with Crippen LogP contribution in [0.15, 0.2) is 205 Å². The molecule has 0 saturated heterocycles. The van der Waals surface area contributed by atoms with Gasteiger partial charge in [0.1, 0.15) is 11.2 Å². The average Bonchev–Trinajstić information content (AvgIpc) is 3.83. The van der Waals surface area contributed by atoms with E-state index in [4.69, 9.17) is 4.42 Å². The molecular weight excluding hydrogens is 687 g/mol. The molecule has 9 aromatic carbocycles. The maximum atomic E-state index is 6.45. The highest BCUT2D eigenvalue weighted by molar-refractivity contribution is 7.26. The Morgan fingerprint density at radius 3 is 1.73 bits per heavy atom. The van der Waals surface area contributed by atoms with E-state index in [-0.39, 0.29) is 0 Å². The molecule has 2 heterocycles. The Hall–Kier alpha value is -6.94. The van der Waals surface area contributed by atoms with Gasteiger partial charge in [0.2, 0.25) is 0 Å². The third-order valence-electron chi connectivity index (χ3n) is 10.9. The van der Waals surface area contributed by atoms with Crippen LogP contribution in [0.4, 0.5) is 17.1 Å². The minimum atomic E-state index is 0.898. The lowest BCUT2D eigenvalue weighted by Gasteiger charge is -2.27. The second-order valence-electron chi connectivity index (χ2n) is 14.0. The number of fused-ring (bicyclic) bond motifs is 8. The van der Waals surface area contributed by atoms with Crippen LogP contribution in [0.1, 0.15) is 0 Å². The van der Waals surface area contributed by atoms with Crippen molar-refractivity contribution in [3.63, 3.8) is 0 Å². The zero-order valence-electron chi connectivity index (χ0n) is 29.8. The van der Waals surface area contributed by atoms with Crippen LogP contribution in [0.25, 0.3) is 86.3 Å². The third-order valence-corrected chi connectivity index (χ3v) is 12.1. The van der Waals surface area contributed by atoms with Gasteiger partial charge >= 0.3 is 0 Å². The number of benzene rings is 9. The maximum absolute atomic E-state index is 6.45. The van der Waals surface area contributed by atoms with E-state index in [9.17, 15) is 0 Å². The molecule has 2 nitrogen and oxygen atoms in total. The summed E-state index contributed by atoms with van der Waals surface area (Å²) in [6, 6.07) is 72.0. The van der Waals surface area contributed by atoms with Gasteiger partial charge in [-0.05, 0) is 88.0 Å². The standard InChI is InChI=1S/C52H33NOS/c1-4-14-34(15-5-1)35-26-29-39(30-27-35)53(38-18-8-3-9-19-38)46-33-45-51-41(23-13-25-49(51)55-52(45)43-21-11-10-20-42(43)46)37-28-31-47-44(32-37)50-40(22-12-24-48(50)54-47)36-16-6-2-7-17-36/h1-33H. The Kier molecular flexibility index (Phi) is 7.39. The summed E-state index contributed by atoms with van der Waals surface area (Å²) in [7, 11) is 0. The van der Waals surface area contributed by atoms with Gasteiger partial charge in [-0.1, -0.05) is 146 Å². The Morgan fingerprint density at radius 1 is 0.364 bits per heavy atom. The van der Waals surface area contributed by atoms with E-state index in [1.165, 1.54) is 64.3 Å². The van der Waals surface area contributed by atoms with Gasteiger partial charge in [-0.15, -0.1) is 11.3 Å². The highest BCUT2D eigenvalue weighted by atomic mass is 32.1. The van der Waals surface area contributed by atoms with E-state index in [2.05, 4.69) is 205 Å². The van der Waals surface area contributed by atoms with Gasteiger partial charge in [0, 0.05) is 53.1 Å². The minimum absolute atomic E-state index is 0.898. The van der Waals surface area contributed by atoms with Crippen molar-refractivity contribution in [1.82, 2.24) is 0 Å². The number of hydrogen-bond acceptors (Lipinski definition) is 3. The predicted octanol–water partition coefficient (Wildman–Crippen LogP) is 15.6. The van der Waals surface area contributed by atoms with Gasteiger partial charge in [-0.3, -0.25) is 0 Å². The second-order valence-corrected chi connectivity index (χ2v) is 15.1. The van der Waals surface area contributed by atoms with Crippen molar-refractivity contribution in [2.45, 2.75) is 0 Å². The number of para-hydroxylation sites is 1. The van der Waals surface area contributed by atoms with Crippen LogP contribution in [-0.2, 0) is 0 Å². The number of hydrogen-bond donors (Lipinski definition) is 0. The predicted molar refractivity (Wildman–Crippen MR) is 235 cm³/mol. The molecule has 258 valence electrons. The molecule has 11 rings (SSSR count). The van der Waals surface area contributed by atoms with Crippen LogP contribution in [0.3, 0.4) is 0 Å². The fourth-order valence-corrected chi connectivity index (χ4v) is 9.59. The van der Waals surface area contributed by atoms with Gasteiger partial charge in [0.15, 0.2) is 0 Å². The molecule has 0 unspecified atom stereocenters. The molecule has 0 bridgehead atoms. The molecule has 2 aromatic heterocycles. The zero-order chi connectivity index (χ0) is 36.3. The molecule has 55 heavy (non-hydrogen) atoms. The number of thiophene rings is 1. The van der Waals surface area contributed by atoms with Gasteiger partial charge < -0.3 is 9.32 Å². The summed E-state index contributed by atoms with van der Waals surface area (Å²) < 4.78 is 9.03. The number of anilines is 3. The summed E-state index contributed by atoms with van der Waals surface area (Å²) in [6.07, 6.45) is 0. The summed E-state index contributed by atoms with van der Waals surface area (Å²) in [5.74, 6) is 0. The average molecular weight is 720 g/mol. The van der Waals surface area contributed by atoms with Gasteiger partial charge in [0.05, 0.1) is 5.69 Å². The quantitative estimate of drug-likeness (QED) is 0.170. The maximum Gasteiger partial charge on any atom is 0.136 e. The summed E-state index contributed by atoms with van der Waals surface area (Å²) in [4.78, 5) is 2.41. The number of furan rings is 1. The minimum Gasteiger partial charge on any atom is -0.456 e. The smallest absolute Gasteiger partial charge is 0.136 e. The summed E-state index contributed by atoms with van der Waals surface area (Å²) in [5.41, 5.74) is 12.4.